The summed E-state index contributed by atoms with van der Waals surface area (Å²) in [6.07, 6.45) is 1.82. The van der Waals surface area contributed by atoms with Crippen molar-refractivity contribution in [2.45, 2.75) is 40.8 Å². The van der Waals surface area contributed by atoms with Crippen LogP contribution in [0, 0.1) is 20.8 Å². The number of carbonyl (C=O) groups excluding carboxylic acids is 1. The molecule has 0 spiro atoms. The zero-order valence-corrected chi connectivity index (χ0v) is 20.9. The molecule has 0 radical (unpaired) electrons. The molecule has 8 nitrogen and oxygen atoms in total. The van der Waals surface area contributed by atoms with Gasteiger partial charge in [0.2, 0.25) is 0 Å². The van der Waals surface area contributed by atoms with E-state index in [0.29, 0.717) is 29.3 Å². The molecule has 0 saturated heterocycles. The third-order valence-corrected chi connectivity index (χ3v) is 6.09. The molecular weight excluding hydrogens is 442 g/mol. The Morgan fingerprint density at radius 1 is 1.11 bits per heavy atom. The number of aromatic nitrogens is 4. The minimum atomic E-state index is -0.174. The van der Waals surface area contributed by atoms with E-state index in [-0.39, 0.29) is 19.1 Å². The molecule has 0 aliphatic heterocycles. The van der Waals surface area contributed by atoms with E-state index in [1.807, 2.05) is 75.0 Å². The van der Waals surface area contributed by atoms with Gasteiger partial charge in [0.1, 0.15) is 18.1 Å². The van der Waals surface area contributed by atoms with E-state index in [2.05, 4.69) is 5.10 Å². The highest BCUT2D eigenvalue weighted by molar-refractivity contribution is 6.05. The van der Waals surface area contributed by atoms with Crippen molar-refractivity contribution in [3.8, 4) is 17.1 Å². The van der Waals surface area contributed by atoms with Gasteiger partial charge in [-0.3, -0.25) is 9.48 Å². The predicted octanol–water partition coefficient (Wildman–Crippen LogP) is 4.08. The summed E-state index contributed by atoms with van der Waals surface area (Å²) >= 11 is 0. The zero-order chi connectivity index (χ0) is 25.1. The predicted molar refractivity (Wildman–Crippen MR) is 135 cm³/mol. The van der Waals surface area contributed by atoms with E-state index in [1.54, 1.807) is 11.9 Å². The minimum Gasteiger partial charge on any atom is -0.491 e. The topological polar surface area (TPSA) is 93.4 Å². The second-order valence-corrected chi connectivity index (χ2v) is 8.70. The van der Waals surface area contributed by atoms with E-state index in [4.69, 9.17) is 19.8 Å². The van der Waals surface area contributed by atoms with Crippen LogP contribution in [-0.4, -0.2) is 55.9 Å². The fourth-order valence-electron chi connectivity index (χ4n) is 4.11. The van der Waals surface area contributed by atoms with Gasteiger partial charge >= 0.3 is 0 Å². The number of hydrogen-bond donors (Lipinski definition) is 1. The van der Waals surface area contributed by atoms with Crippen LogP contribution in [0.1, 0.15) is 39.8 Å². The van der Waals surface area contributed by atoms with Gasteiger partial charge in [0.25, 0.3) is 5.91 Å². The zero-order valence-electron chi connectivity index (χ0n) is 20.9. The monoisotopic (exact) mass is 473 g/mol. The molecule has 0 saturated carbocycles. The number of aliphatic hydroxyl groups excluding tert-OH is 1. The fraction of sp³-hybridized carbons (Fsp3) is 0.333. The second-order valence-electron chi connectivity index (χ2n) is 8.70. The summed E-state index contributed by atoms with van der Waals surface area (Å²) in [5.41, 5.74) is 5.87. The Labute approximate surface area is 205 Å². The lowest BCUT2D eigenvalue weighted by Gasteiger charge is -2.18. The van der Waals surface area contributed by atoms with Crippen molar-refractivity contribution in [1.82, 2.24) is 24.6 Å². The maximum atomic E-state index is 13.6. The van der Waals surface area contributed by atoms with Gasteiger partial charge in [-0.25, -0.2) is 9.97 Å². The number of aliphatic hydroxyl groups is 1. The highest BCUT2D eigenvalue weighted by Crippen LogP contribution is 2.28. The molecule has 1 N–H and O–H groups in total. The Balaban J connectivity index is 1.73. The number of ether oxygens (including phenoxy) is 1. The number of rotatable bonds is 8. The molecule has 8 heteroatoms. The van der Waals surface area contributed by atoms with Crippen LogP contribution in [0.15, 0.2) is 42.6 Å². The third kappa shape index (κ3) is 5.02. The van der Waals surface area contributed by atoms with Crippen molar-refractivity contribution in [2.24, 2.45) is 0 Å². The standard InChI is InChI=1S/C27H31N5O3/c1-6-32-19(4)21(15-28-32)16-31(5)27(34)25-22-13-17(2)7-9-23(22)29-26(30-25)20-8-10-24(18(3)14-20)35-12-11-33/h7-10,13-15,33H,6,11-12,16H2,1-5H3. The van der Waals surface area contributed by atoms with Gasteiger partial charge in [0.15, 0.2) is 5.82 Å². The highest BCUT2D eigenvalue weighted by Gasteiger charge is 2.21. The molecule has 0 atom stereocenters. The Hall–Kier alpha value is -3.78. The Kier molecular flexibility index (Phi) is 7.12. The van der Waals surface area contributed by atoms with Crippen molar-refractivity contribution < 1.29 is 14.6 Å². The average molecular weight is 474 g/mol. The molecule has 1 amide bonds. The van der Waals surface area contributed by atoms with E-state index in [0.717, 1.165) is 39.9 Å². The summed E-state index contributed by atoms with van der Waals surface area (Å²) in [4.78, 5) is 24.8. The lowest BCUT2D eigenvalue weighted by molar-refractivity contribution is 0.0781. The number of fused-ring (bicyclic) bond motifs is 1. The molecule has 2 heterocycles. The average Bonchev–Trinajstić information content (AvgIpc) is 3.21. The van der Waals surface area contributed by atoms with E-state index in [9.17, 15) is 4.79 Å². The molecule has 4 rings (SSSR count). The van der Waals surface area contributed by atoms with E-state index >= 15 is 0 Å². The third-order valence-electron chi connectivity index (χ3n) is 6.09. The smallest absolute Gasteiger partial charge is 0.273 e. The van der Waals surface area contributed by atoms with Crippen molar-refractivity contribution >= 4 is 16.8 Å². The summed E-state index contributed by atoms with van der Waals surface area (Å²) in [5.74, 6) is 0.996. The number of carbonyl (C=O) groups is 1. The van der Waals surface area contributed by atoms with Crippen molar-refractivity contribution in [1.29, 1.82) is 0 Å². The SMILES string of the molecule is CCn1ncc(CN(C)C(=O)c2nc(-c3ccc(OCCO)c(C)c3)nc3ccc(C)cc23)c1C. The van der Waals surface area contributed by atoms with Crippen LogP contribution in [0.5, 0.6) is 5.75 Å². The molecule has 0 aliphatic rings. The molecule has 0 fully saturated rings. The summed E-state index contributed by atoms with van der Waals surface area (Å²) < 4.78 is 7.49. The normalized spacial score (nSPS) is 11.1. The van der Waals surface area contributed by atoms with Crippen molar-refractivity contribution in [3.05, 3.63) is 70.7 Å². The first kappa shape index (κ1) is 24.3. The number of benzene rings is 2. The van der Waals surface area contributed by atoms with Crippen LogP contribution in [0.25, 0.3) is 22.3 Å². The molecule has 2 aromatic carbocycles. The largest absolute Gasteiger partial charge is 0.491 e. The lowest BCUT2D eigenvalue weighted by Crippen LogP contribution is -2.28. The maximum absolute atomic E-state index is 13.6. The highest BCUT2D eigenvalue weighted by atomic mass is 16.5. The van der Waals surface area contributed by atoms with Crippen LogP contribution in [-0.2, 0) is 13.1 Å². The Morgan fingerprint density at radius 2 is 1.91 bits per heavy atom. The molecule has 0 unspecified atom stereocenters. The van der Waals surface area contributed by atoms with Gasteiger partial charge in [-0.1, -0.05) is 11.6 Å². The summed E-state index contributed by atoms with van der Waals surface area (Å²) in [6, 6.07) is 11.5. The number of hydrogen-bond acceptors (Lipinski definition) is 6. The fourth-order valence-corrected chi connectivity index (χ4v) is 4.11. The first-order valence-corrected chi connectivity index (χ1v) is 11.7. The van der Waals surface area contributed by atoms with E-state index < -0.39 is 0 Å². The first-order chi connectivity index (χ1) is 16.8. The van der Waals surface area contributed by atoms with Gasteiger partial charge in [-0.15, -0.1) is 0 Å². The van der Waals surface area contributed by atoms with Gasteiger partial charge in [0.05, 0.1) is 18.3 Å². The molecule has 2 aromatic heterocycles. The summed E-state index contributed by atoms with van der Waals surface area (Å²) in [6.45, 7) is 9.38. The number of amides is 1. The summed E-state index contributed by atoms with van der Waals surface area (Å²) in [5, 5.41) is 14.2. The number of nitrogens with zero attached hydrogens (tertiary/aromatic N) is 5. The number of aryl methyl sites for hydroxylation is 3. The summed E-state index contributed by atoms with van der Waals surface area (Å²) in [7, 11) is 1.78. The van der Waals surface area contributed by atoms with Crippen LogP contribution in [0.2, 0.25) is 0 Å². The second kappa shape index (κ2) is 10.2. The molecule has 0 bridgehead atoms. The molecule has 182 valence electrons. The van der Waals surface area contributed by atoms with Gasteiger partial charge < -0.3 is 14.7 Å². The molecule has 4 aromatic rings. The van der Waals surface area contributed by atoms with E-state index in [1.165, 1.54) is 0 Å². The molecular formula is C27H31N5O3. The minimum absolute atomic E-state index is 0.0495. The van der Waals surface area contributed by atoms with Crippen LogP contribution >= 0.6 is 0 Å². The van der Waals surface area contributed by atoms with Gasteiger partial charge in [-0.2, -0.15) is 5.10 Å². The van der Waals surface area contributed by atoms with Crippen molar-refractivity contribution in [3.63, 3.8) is 0 Å². The first-order valence-electron chi connectivity index (χ1n) is 11.7. The van der Waals surface area contributed by atoms with Crippen LogP contribution in [0.3, 0.4) is 0 Å². The quantitative estimate of drug-likeness (QED) is 0.414. The lowest BCUT2D eigenvalue weighted by atomic mass is 10.1. The van der Waals surface area contributed by atoms with Crippen LogP contribution in [0.4, 0.5) is 0 Å². The molecule has 0 aliphatic carbocycles. The van der Waals surface area contributed by atoms with Gasteiger partial charge in [-0.05, 0) is 63.6 Å². The maximum Gasteiger partial charge on any atom is 0.273 e. The van der Waals surface area contributed by atoms with Gasteiger partial charge in [0, 0.05) is 42.3 Å². The Bertz CT molecular complexity index is 1380. The van der Waals surface area contributed by atoms with Crippen molar-refractivity contribution in [2.75, 3.05) is 20.3 Å². The van der Waals surface area contributed by atoms with Crippen LogP contribution < -0.4 is 4.74 Å². The molecule has 35 heavy (non-hydrogen) atoms. The Morgan fingerprint density at radius 3 is 2.60 bits per heavy atom.